The van der Waals surface area contributed by atoms with Crippen molar-refractivity contribution in [1.29, 1.82) is 0 Å². The maximum Gasteiger partial charge on any atom is 0.254 e. The van der Waals surface area contributed by atoms with Gasteiger partial charge in [-0.15, -0.1) is 0 Å². The first-order valence-electron chi connectivity index (χ1n) is 11.8. The van der Waals surface area contributed by atoms with Gasteiger partial charge in [-0.1, -0.05) is 35.5 Å². The van der Waals surface area contributed by atoms with E-state index < -0.39 is 0 Å². The third-order valence-corrected chi connectivity index (χ3v) is 6.67. The Morgan fingerprint density at radius 3 is 2.44 bits per heavy atom. The summed E-state index contributed by atoms with van der Waals surface area (Å²) in [5.74, 6) is 2.46. The van der Waals surface area contributed by atoms with Gasteiger partial charge in [-0.25, -0.2) is 4.98 Å². The van der Waals surface area contributed by atoms with E-state index in [0.29, 0.717) is 24.4 Å². The highest BCUT2D eigenvalue weighted by Crippen LogP contribution is 2.29. The molecule has 4 heterocycles. The van der Waals surface area contributed by atoms with Crippen LogP contribution in [-0.2, 0) is 0 Å². The first kappa shape index (κ1) is 20.7. The highest BCUT2D eigenvalue weighted by molar-refractivity contribution is 6.01. The molecule has 34 heavy (non-hydrogen) atoms. The molecule has 0 aliphatic carbocycles. The molecule has 2 aliphatic rings. The number of aromatic nitrogens is 3. The Kier molecular flexibility index (Phi) is 5.33. The fourth-order valence-corrected chi connectivity index (χ4v) is 4.78. The van der Waals surface area contributed by atoms with E-state index in [1.54, 1.807) is 0 Å². The minimum atomic E-state index is 0.0298. The van der Waals surface area contributed by atoms with Crippen LogP contribution in [0.3, 0.4) is 0 Å². The molecule has 8 heteroatoms. The van der Waals surface area contributed by atoms with Crippen molar-refractivity contribution in [1.82, 2.24) is 20.0 Å². The molecule has 0 spiro atoms. The number of nitrogens with zero attached hydrogens (tertiary/aromatic N) is 6. The number of carbonyl (C=O) groups is 1. The van der Waals surface area contributed by atoms with Gasteiger partial charge in [0.1, 0.15) is 11.3 Å². The molecule has 8 nitrogen and oxygen atoms in total. The molecule has 4 aromatic rings. The van der Waals surface area contributed by atoms with Gasteiger partial charge < -0.3 is 19.2 Å². The van der Waals surface area contributed by atoms with Crippen LogP contribution < -0.4 is 9.80 Å². The van der Waals surface area contributed by atoms with Crippen molar-refractivity contribution >= 4 is 28.6 Å². The normalized spacial score (nSPS) is 16.4. The number of hydrogen-bond donors (Lipinski definition) is 0. The van der Waals surface area contributed by atoms with Gasteiger partial charge in [-0.05, 0) is 37.1 Å². The molecule has 0 atom stereocenters. The van der Waals surface area contributed by atoms with Crippen LogP contribution in [-0.4, -0.2) is 65.2 Å². The van der Waals surface area contributed by atoms with Gasteiger partial charge in [0.05, 0.1) is 5.39 Å². The number of piperazine rings is 1. The van der Waals surface area contributed by atoms with Crippen LogP contribution in [0.4, 0.5) is 11.8 Å². The molecule has 0 saturated carbocycles. The highest BCUT2D eigenvalue weighted by atomic mass is 16.5. The maximum atomic E-state index is 13.3. The summed E-state index contributed by atoms with van der Waals surface area (Å²) < 4.78 is 5.59. The van der Waals surface area contributed by atoms with Crippen LogP contribution in [0.5, 0.6) is 0 Å². The van der Waals surface area contributed by atoms with E-state index in [-0.39, 0.29) is 5.91 Å². The number of amides is 1. The van der Waals surface area contributed by atoms with E-state index in [9.17, 15) is 4.79 Å². The second-order valence-electron chi connectivity index (χ2n) is 8.80. The van der Waals surface area contributed by atoms with E-state index in [2.05, 4.69) is 19.9 Å². The Morgan fingerprint density at radius 2 is 1.65 bits per heavy atom. The zero-order valence-electron chi connectivity index (χ0n) is 18.9. The van der Waals surface area contributed by atoms with E-state index in [1.165, 1.54) is 12.8 Å². The molecule has 1 amide bonds. The van der Waals surface area contributed by atoms with Gasteiger partial charge in [-0.3, -0.25) is 4.79 Å². The number of benzene rings is 2. The summed E-state index contributed by atoms with van der Waals surface area (Å²) in [5, 5.41) is 5.02. The summed E-state index contributed by atoms with van der Waals surface area (Å²) in [5.41, 5.74) is 2.35. The number of anilines is 2. The van der Waals surface area contributed by atoms with Crippen LogP contribution in [0, 0.1) is 0 Å². The summed E-state index contributed by atoms with van der Waals surface area (Å²) in [7, 11) is 0. The predicted molar refractivity (Wildman–Crippen MR) is 131 cm³/mol. The lowest BCUT2D eigenvalue weighted by atomic mass is 10.1. The Hall–Kier alpha value is -3.94. The van der Waals surface area contributed by atoms with Crippen LogP contribution in [0.25, 0.3) is 22.2 Å². The molecule has 6 rings (SSSR count). The van der Waals surface area contributed by atoms with Crippen molar-refractivity contribution in [3.63, 3.8) is 0 Å². The van der Waals surface area contributed by atoms with Crippen molar-refractivity contribution in [3.8, 4) is 11.3 Å². The van der Waals surface area contributed by atoms with Gasteiger partial charge in [0.25, 0.3) is 5.91 Å². The molecule has 0 bridgehead atoms. The molecule has 0 radical (unpaired) electrons. The molecule has 2 fully saturated rings. The molecule has 2 saturated heterocycles. The molecule has 2 aromatic heterocycles. The zero-order valence-corrected chi connectivity index (χ0v) is 18.9. The summed E-state index contributed by atoms with van der Waals surface area (Å²) in [6, 6.07) is 17.4. The molecule has 2 aromatic carbocycles. The molecule has 172 valence electrons. The van der Waals surface area contributed by atoms with Crippen molar-refractivity contribution in [2.75, 3.05) is 49.1 Å². The van der Waals surface area contributed by atoms with Gasteiger partial charge in [-0.2, -0.15) is 4.98 Å². The van der Waals surface area contributed by atoms with Crippen molar-refractivity contribution in [3.05, 3.63) is 66.4 Å². The Morgan fingerprint density at radius 1 is 0.853 bits per heavy atom. The fourth-order valence-electron chi connectivity index (χ4n) is 4.78. The fraction of sp³-hybridized carbons (Fsp3) is 0.308. The second-order valence-corrected chi connectivity index (χ2v) is 8.80. The smallest absolute Gasteiger partial charge is 0.254 e. The monoisotopic (exact) mass is 454 g/mol. The lowest BCUT2D eigenvalue weighted by molar-refractivity contribution is 0.0746. The van der Waals surface area contributed by atoms with Gasteiger partial charge in [0, 0.05) is 56.6 Å². The minimum absolute atomic E-state index is 0.0298. The third-order valence-electron chi connectivity index (χ3n) is 6.67. The molecule has 0 unspecified atom stereocenters. The first-order chi connectivity index (χ1) is 16.8. The minimum Gasteiger partial charge on any atom is -0.355 e. The average molecular weight is 455 g/mol. The van der Waals surface area contributed by atoms with Gasteiger partial charge in [0.15, 0.2) is 5.76 Å². The first-order valence-corrected chi connectivity index (χ1v) is 11.8. The van der Waals surface area contributed by atoms with Crippen molar-refractivity contribution < 1.29 is 9.32 Å². The maximum absolute atomic E-state index is 13.3. The SMILES string of the molecule is O=C(c1ccc2noc(-c3ccccc3)c2c1)N1CCN(c2ccnc(N3CCCC3)n2)CC1. The lowest BCUT2D eigenvalue weighted by Gasteiger charge is -2.35. The third kappa shape index (κ3) is 3.85. The van der Waals surface area contributed by atoms with E-state index >= 15 is 0 Å². The quantitative estimate of drug-likeness (QED) is 0.463. The number of fused-ring (bicyclic) bond motifs is 1. The molecular weight excluding hydrogens is 428 g/mol. The summed E-state index contributed by atoms with van der Waals surface area (Å²) in [4.78, 5) is 29.0. The standard InChI is InChI=1S/C26H26N6O2/c33-25(20-8-9-22-21(18-20)24(34-29-22)19-6-2-1-3-7-19)31-16-14-30(15-17-31)23-10-11-27-26(28-23)32-12-4-5-13-32/h1-3,6-11,18H,4-5,12-17H2. The van der Waals surface area contributed by atoms with Gasteiger partial charge in [0.2, 0.25) is 5.95 Å². The largest absolute Gasteiger partial charge is 0.355 e. The van der Waals surface area contributed by atoms with Gasteiger partial charge >= 0.3 is 0 Å². The van der Waals surface area contributed by atoms with Crippen LogP contribution >= 0.6 is 0 Å². The van der Waals surface area contributed by atoms with Crippen LogP contribution in [0.2, 0.25) is 0 Å². The summed E-state index contributed by atoms with van der Waals surface area (Å²) in [6.45, 7) is 4.83. The van der Waals surface area contributed by atoms with E-state index in [4.69, 9.17) is 9.51 Å². The predicted octanol–water partition coefficient (Wildman–Crippen LogP) is 3.85. The Bertz CT molecular complexity index is 1310. The summed E-state index contributed by atoms with van der Waals surface area (Å²) >= 11 is 0. The highest BCUT2D eigenvalue weighted by Gasteiger charge is 2.25. The van der Waals surface area contributed by atoms with Crippen LogP contribution in [0.15, 0.2) is 65.3 Å². The summed E-state index contributed by atoms with van der Waals surface area (Å²) in [6.07, 6.45) is 4.23. The molecule has 2 aliphatic heterocycles. The average Bonchev–Trinajstić information content (AvgIpc) is 3.59. The molecular formula is C26H26N6O2. The molecule has 0 N–H and O–H groups in total. The number of rotatable bonds is 4. The van der Waals surface area contributed by atoms with Crippen molar-refractivity contribution in [2.24, 2.45) is 0 Å². The zero-order chi connectivity index (χ0) is 22.9. The number of hydrogen-bond acceptors (Lipinski definition) is 7. The van der Waals surface area contributed by atoms with E-state index in [1.807, 2.05) is 65.7 Å². The van der Waals surface area contributed by atoms with Crippen molar-refractivity contribution in [2.45, 2.75) is 12.8 Å². The van der Waals surface area contributed by atoms with Crippen LogP contribution in [0.1, 0.15) is 23.2 Å². The Labute approximate surface area is 197 Å². The van der Waals surface area contributed by atoms with E-state index in [0.717, 1.165) is 54.4 Å². The topological polar surface area (TPSA) is 78.6 Å². The Balaban J connectivity index is 1.17. The number of carbonyl (C=O) groups excluding carboxylic acids is 1. The lowest BCUT2D eigenvalue weighted by Crippen LogP contribution is -2.49. The second kappa shape index (κ2) is 8.78.